The van der Waals surface area contributed by atoms with Gasteiger partial charge in [0, 0.05) is 0 Å². The van der Waals surface area contributed by atoms with E-state index in [0.717, 1.165) is 32.1 Å². The molecule has 0 radical (unpaired) electrons. The fourth-order valence-electron chi connectivity index (χ4n) is 2.79. The first-order valence-corrected chi connectivity index (χ1v) is 7.60. The third-order valence-electron chi connectivity index (χ3n) is 3.80. The van der Waals surface area contributed by atoms with Gasteiger partial charge in [-0.3, -0.25) is 9.59 Å². The van der Waals surface area contributed by atoms with Gasteiger partial charge in [0.25, 0.3) is 0 Å². The summed E-state index contributed by atoms with van der Waals surface area (Å²) in [6, 6.07) is 0. The molecule has 0 heterocycles. The second-order valence-electron chi connectivity index (χ2n) is 5.31. The normalized spacial score (nSPS) is 19.0. The van der Waals surface area contributed by atoms with E-state index in [0.29, 0.717) is 12.8 Å². The molecule has 0 spiro atoms. The van der Waals surface area contributed by atoms with Crippen LogP contribution in [0.4, 0.5) is 0 Å². The summed E-state index contributed by atoms with van der Waals surface area (Å²) in [6.45, 7) is 3.74. The van der Waals surface area contributed by atoms with E-state index in [4.69, 9.17) is 9.47 Å². The summed E-state index contributed by atoms with van der Waals surface area (Å²) < 4.78 is 9.92. The Morgan fingerprint density at radius 1 is 0.950 bits per heavy atom. The highest BCUT2D eigenvalue weighted by molar-refractivity contribution is 5.96. The van der Waals surface area contributed by atoms with Crippen LogP contribution in [0.25, 0.3) is 0 Å². The van der Waals surface area contributed by atoms with Gasteiger partial charge in [-0.15, -0.1) is 0 Å². The highest BCUT2D eigenvalue weighted by Crippen LogP contribution is 2.34. The van der Waals surface area contributed by atoms with Crippen molar-refractivity contribution >= 4 is 11.9 Å². The summed E-state index contributed by atoms with van der Waals surface area (Å²) in [4.78, 5) is 24.2. The molecule has 0 bridgehead atoms. The molecule has 0 amide bonds. The van der Waals surface area contributed by atoms with Crippen molar-refractivity contribution in [1.82, 2.24) is 0 Å². The zero-order valence-corrected chi connectivity index (χ0v) is 12.5. The van der Waals surface area contributed by atoms with Crippen molar-refractivity contribution in [3.05, 3.63) is 0 Å². The monoisotopic (exact) mass is 286 g/mol. The molecule has 1 aliphatic rings. The zero-order chi connectivity index (χ0) is 15.0. The average Bonchev–Trinajstić information content (AvgIpc) is 2.35. The molecule has 1 rings (SSSR count). The first-order valence-electron chi connectivity index (χ1n) is 7.60. The lowest BCUT2D eigenvalue weighted by molar-refractivity contribution is -0.176. The molecule has 1 saturated carbocycles. The molecule has 1 aliphatic carbocycles. The lowest BCUT2D eigenvalue weighted by atomic mass is 9.77. The molecule has 1 fully saturated rings. The number of esters is 2. The van der Waals surface area contributed by atoms with E-state index in [-0.39, 0.29) is 13.2 Å². The number of hydrogen-bond acceptors (Lipinski definition) is 5. The minimum Gasteiger partial charge on any atom is -0.465 e. The van der Waals surface area contributed by atoms with Crippen LogP contribution in [-0.2, 0) is 19.1 Å². The predicted octanol–water partition coefficient (Wildman–Crippen LogP) is 2.20. The Bertz CT molecular complexity index is 300. The average molecular weight is 286 g/mol. The molecule has 0 aliphatic heterocycles. The maximum Gasteiger partial charge on any atom is 0.323 e. The van der Waals surface area contributed by atoms with Crippen LogP contribution in [0.15, 0.2) is 0 Å². The SMILES string of the molecule is CCOC(=O)C(C(=O)OCC)C1(O)CCCCCCC1. The number of carbonyl (C=O) groups is 2. The van der Waals surface area contributed by atoms with E-state index in [1.807, 2.05) is 0 Å². The number of ether oxygens (including phenoxy) is 2. The van der Waals surface area contributed by atoms with Crippen LogP contribution in [0.2, 0.25) is 0 Å². The van der Waals surface area contributed by atoms with Gasteiger partial charge in [-0.05, 0) is 26.7 Å². The quantitative estimate of drug-likeness (QED) is 0.619. The van der Waals surface area contributed by atoms with Gasteiger partial charge in [0.05, 0.1) is 18.8 Å². The second kappa shape index (κ2) is 8.25. The van der Waals surface area contributed by atoms with Crippen molar-refractivity contribution in [2.24, 2.45) is 5.92 Å². The summed E-state index contributed by atoms with van der Waals surface area (Å²) >= 11 is 0. The van der Waals surface area contributed by atoms with Gasteiger partial charge in [-0.1, -0.05) is 32.1 Å². The molecule has 0 unspecified atom stereocenters. The Kier molecular flexibility index (Phi) is 6.99. The minimum absolute atomic E-state index is 0.185. The van der Waals surface area contributed by atoms with Crippen LogP contribution in [0, 0.1) is 5.92 Å². The van der Waals surface area contributed by atoms with Gasteiger partial charge in [-0.2, -0.15) is 0 Å². The standard InChI is InChI=1S/C15H26O5/c1-3-19-13(16)12(14(17)20-4-2)15(18)10-8-6-5-7-9-11-15/h12,18H,3-11H2,1-2H3. The third kappa shape index (κ3) is 4.47. The number of rotatable bonds is 5. The van der Waals surface area contributed by atoms with Crippen molar-refractivity contribution in [3.63, 3.8) is 0 Å². The van der Waals surface area contributed by atoms with Crippen molar-refractivity contribution < 1.29 is 24.2 Å². The minimum atomic E-state index is -1.33. The van der Waals surface area contributed by atoms with Crippen LogP contribution < -0.4 is 0 Å². The van der Waals surface area contributed by atoms with Gasteiger partial charge in [0.2, 0.25) is 0 Å². The summed E-state index contributed by atoms with van der Waals surface area (Å²) in [5.41, 5.74) is -1.33. The van der Waals surface area contributed by atoms with E-state index in [1.54, 1.807) is 13.8 Å². The van der Waals surface area contributed by atoms with E-state index in [2.05, 4.69) is 0 Å². The van der Waals surface area contributed by atoms with E-state index >= 15 is 0 Å². The van der Waals surface area contributed by atoms with E-state index in [1.165, 1.54) is 0 Å². The van der Waals surface area contributed by atoms with Gasteiger partial charge < -0.3 is 14.6 Å². The largest absolute Gasteiger partial charge is 0.465 e. The van der Waals surface area contributed by atoms with Crippen LogP contribution in [-0.4, -0.2) is 35.9 Å². The fraction of sp³-hybridized carbons (Fsp3) is 0.867. The third-order valence-corrected chi connectivity index (χ3v) is 3.80. The Morgan fingerprint density at radius 3 is 1.75 bits per heavy atom. The van der Waals surface area contributed by atoms with E-state index in [9.17, 15) is 14.7 Å². The Hall–Kier alpha value is -1.10. The van der Waals surface area contributed by atoms with E-state index < -0.39 is 23.5 Å². The van der Waals surface area contributed by atoms with Crippen LogP contribution in [0.1, 0.15) is 58.8 Å². The first-order chi connectivity index (χ1) is 9.55. The lowest BCUT2D eigenvalue weighted by Crippen LogP contribution is -2.48. The molecular formula is C15H26O5. The fourth-order valence-corrected chi connectivity index (χ4v) is 2.79. The maximum absolute atomic E-state index is 12.1. The summed E-state index contributed by atoms with van der Waals surface area (Å²) in [5.74, 6) is -2.57. The molecule has 1 N–H and O–H groups in total. The smallest absolute Gasteiger partial charge is 0.323 e. The van der Waals surface area contributed by atoms with Crippen LogP contribution in [0.5, 0.6) is 0 Å². The lowest BCUT2D eigenvalue weighted by Gasteiger charge is -2.34. The van der Waals surface area contributed by atoms with Gasteiger partial charge >= 0.3 is 11.9 Å². The highest BCUT2D eigenvalue weighted by Gasteiger charge is 2.47. The molecule has 20 heavy (non-hydrogen) atoms. The molecule has 0 aromatic rings. The molecule has 5 heteroatoms. The van der Waals surface area contributed by atoms with Crippen LogP contribution >= 0.6 is 0 Å². The van der Waals surface area contributed by atoms with Crippen molar-refractivity contribution in [2.75, 3.05) is 13.2 Å². The molecule has 0 aromatic heterocycles. The molecule has 0 saturated heterocycles. The van der Waals surface area contributed by atoms with Crippen molar-refractivity contribution in [1.29, 1.82) is 0 Å². The summed E-state index contributed by atoms with van der Waals surface area (Å²) in [7, 11) is 0. The Morgan fingerprint density at radius 2 is 1.35 bits per heavy atom. The molecule has 0 atom stereocenters. The molecule has 5 nitrogen and oxygen atoms in total. The number of hydrogen-bond donors (Lipinski definition) is 1. The van der Waals surface area contributed by atoms with Crippen molar-refractivity contribution in [3.8, 4) is 0 Å². The number of carbonyl (C=O) groups excluding carboxylic acids is 2. The topological polar surface area (TPSA) is 72.8 Å². The highest BCUT2D eigenvalue weighted by atomic mass is 16.6. The summed E-state index contributed by atoms with van der Waals surface area (Å²) in [6.07, 6.45) is 5.67. The molecule has 0 aromatic carbocycles. The molecular weight excluding hydrogens is 260 g/mol. The maximum atomic E-state index is 12.1. The zero-order valence-electron chi connectivity index (χ0n) is 12.5. The summed E-state index contributed by atoms with van der Waals surface area (Å²) in [5, 5.41) is 10.8. The van der Waals surface area contributed by atoms with Gasteiger partial charge in [0.15, 0.2) is 5.92 Å². The Balaban J connectivity index is 2.92. The van der Waals surface area contributed by atoms with Gasteiger partial charge in [0.1, 0.15) is 0 Å². The second-order valence-corrected chi connectivity index (χ2v) is 5.31. The van der Waals surface area contributed by atoms with Gasteiger partial charge in [-0.25, -0.2) is 0 Å². The first kappa shape index (κ1) is 17.0. The number of aliphatic hydroxyl groups is 1. The van der Waals surface area contributed by atoms with Crippen LogP contribution in [0.3, 0.4) is 0 Å². The Labute approximate surface area is 120 Å². The van der Waals surface area contributed by atoms with Crippen molar-refractivity contribution in [2.45, 2.75) is 64.4 Å². The predicted molar refractivity (Wildman–Crippen MR) is 74.0 cm³/mol. The molecule has 116 valence electrons.